The van der Waals surface area contributed by atoms with E-state index < -0.39 is 0 Å². The lowest BCUT2D eigenvalue weighted by atomic mass is 10.0. The van der Waals surface area contributed by atoms with Gasteiger partial charge in [-0.3, -0.25) is 0 Å². The molecule has 1 N–H and O–H groups in total. The highest BCUT2D eigenvalue weighted by Gasteiger charge is 2.39. The van der Waals surface area contributed by atoms with Crippen LogP contribution in [0.3, 0.4) is 0 Å². The van der Waals surface area contributed by atoms with Crippen molar-refractivity contribution in [1.82, 2.24) is 10.2 Å². The number of carbonyl (C=O) groups excluding carboxylic acids is 1. The molecule has 2 aliphatic carbocycles. The minimum Gasteiger partial charge on any atom is -0.323 e. The lowest BCUT2D eigenvalue weighted by Gasteiger charge is -2.29. The van der Waals surface area contributed by atoms with Gasteiger partial charge in [0.15, 0.2) is 0 Å². The van der Waals surface area contributed by atoms with Crippen LogP contribution in [0.1, 0.15) is 6.42 Å². The van der Waals surface area contributed by atoms with Crippen molar-refractivity contribution >= 4 is 6.03 Å². The second kappa shape index (κ2) is 2.16. The van der Waals surface area contributed by atoms with E-state index in [4.69, 9.17) is 0 Å². The highest BCUT2D eigenvalue weighted by Crippen LogP contribution is 2.46. The first kappa shape index (κ1) is 7.18. The normalized spacial score (nSPS) is 35.5. The van der Waals surface area contributed by atoms with E-state index in [-0.39, 0.29) is 6.03 Å². The first-order chi connectivity index (χ1) is 6.24. The number of likely N-dealkylation sites (N-methyl/N-ethyl adjacent to an activating group) is 1. The number of carbonyl (C=O) groups is 1. The van der Waals surface area contributed by atoms with Gasteiger partial charge in [-0.15, -0.1) is 0 Å². The van der Waals surface area contributed by atoms with Crippen LogP contribution in [-0.2, 0) is 0 Å². The molecular weight excluding hydrogens is 164 g/mol. The van der Waals surface area contributed by atoms with Gasteiger partial charge in [-0.05, 0) is 23.8 Å². The molecule has 1 heterocycles. The predicted molar refractivity (Wildman–Crippen MR) is 48.9 cm³/mol. The Labute approximate surface area is 77.1 Å². The Morgan fingerprint density at radius 3 is 3.08 bits per heavy atom. The molecule has 13 heavy (non-hydrogen) atoms. The quantitative estimate of drug-likeness (QED) is 0.589. The van der Waals surface area contributed by atoms with Crippen molar-refractivity contribution in [2.75, 3.05) is 13.6 Å². The fourth-order valence-corrected chi connectivity index (χ4v) is 2.09. The van der Waals surface area contributed by atoms with Gasteiger partial charge in [0.2, 0.25) is 0 Å². The first-order valence-corrected chi connectivity index (χ1v) is 4.69. The maximum absolute atomic E-state index is 11.3. The van der Waals surface area contributed by atoms with Crippen LogP contribution in [-0.4, -0.2) is 24.5 Å². The zero-order chi connectivity index (χ0) is 9.00. The lowest BCUT2D eigenvalue weighted by Crippen LogP contribution is -2.44. The van der Waals surface area contributed by atoms with Crippen LogP contribution in [0.15, 0.2) is 23.4 Å². The Hall–Kier alpha value is -1.25. The number of fused-ring (bicyclic) bond motifs is 2. The molecule has 1 saturated carbocycles. The zero-order valence-corrected chi connectivity index (χ0v) is 7.58. The van der Waals surface area contributed by atoms with Crippen LogP contribution in [0, 0.1) is 11.8 Å². The first-order valence-electron chi connectivity index (χ1n) is 4.69. The number of hydrogen-bond acceptors (Lipinski definition) is 1. The second-order valence-electron chi connectivity index (χ2n) is 4.12. The van der Waals surface area contributed by atoms with Crippen molar-refractivity contribution in [3.05, 3.63) is 23.4 Å². The molecule has 0 bridgehead atoms. The highest BCUT2D eigenvalue weighted by atomic mass is 16.2. The van der Waals surface area contributed by atoms with E-state index in [1.165, 1.54) is 12.0 Å². The molecule has 1 aliphatic heterocycles. The smallest absolute Gasteiger partial charge is 0.321 e. The van der Waals surface area contributed by atoms with Crippen molar-refractivity contribution in [1.29, 1.82) is 0 Å². The van der Waals surface area contributed by atoms with Crippen LogP contribution in [0.2, 0.25) is 0 Å². The van der Waals surface area contributed by atoms with Gasteiger partial charge in [-0.1, -0.05) is 12.2 Å². The van der Waals surface area contributed by atoms with Gasteiger partial charge in [0, 0.05) is 19.3 Å². The number of urea groups is 1. The SMILES string of the molecule is CN1CC2=CC3CC3C=C2NC1=O. The maximum atomic E-state index is 11.3. The largest absolute Gasteiger partial charge is 0.323 e. The molecule has 2 amide bonds. The summed E-state index contributed by atoms with van der Waals surface area (Å²) in [6.45, 7) is 0.765. The van der Waals surface area contributed by atoms with E-state index in [2.05, 4.69) is 17.5 Å². The average molecular weight is 176 g/mol. The van der Waals surface area contributed by atoms with Crippen molar-refractivity contribution in [2.45, 2.75) is 6.42 Å². The Balaban J connectivity index is 1.94. The third kappa shape index (κ3) is 0.996. The van der Waals surface area contributed by atoms with Crippen molar-refractivity contribution < 1.29 is 4.79 Å². The maximum Gasteiger partial charge on any atom is 0.321 e. The van der Waals surface area contributed by atoms with Crippen LogP contribution < -0.4 is 5.32 Å². The number of nitrogens with zero attached hydrogens (tertiary/aromatic N) is 1. The van der Waals surface area contributed by atoms with Crippen LogP contribution in [0.4, 0.5) is 4.79 Å². The molecule has 1 saturated heterocycles. The molecule has 2 fully saturated rings. The van der Waals surface area contributed by atoms with E-state index in [0.717, 1.165) is 18.2 Å². The molecule has 0 aromatic rings. The monoisotopic (exact) mass is 176 g/mol. The number of allylic oxidation sites excluding steroid dienone is 2. The summed E-state index contributed by atoms with van der Waals surface area (Å²) in [6, 6.07) is 0.0162. The molecule has 3 aliphatic rings. The minimum atomic E-state index is 0.0162. The Bertz CT molecular complexity index is 343. The molecule has 0 aromatic carbocycles. The summed E-state index contributed by atoms with van der Waals surface area (Å²) in [5, 5.41) is 2.90. The molecular formula is C10H12N2O. The predicted octanol–water partition coefficient (Wildman–Crippen LogP) is 1.10. The summed E-state index contributed by atoms with van der Waals surface area (Å²) in [6.07, 6.45) is 5.80. The lowest BCUT2D eigenvalue weighted by molar-refractivity contribution is 0.211. The highest BCUT2D eigenvalue weighted by molar-refractivity contribution is 5.79. The number of amides is 2. The third-order valence-electron chi connectivity index (χ3n) is 3.03. The Morgan fingerprint density at radius 2 is 2.23 bits per heavy atom. The average Bonchev–Trinajstić information content (AvgIpc) is 2.80. The number of nitrogens with one attached hydrogen (secondary N) is 1. The van der Waals surface area contributed by atoms with Gasteiger partial charge in [-0.25, -0.2) is 4.79 Å². The topological polar surface area (TPSA) is 32.3 Å². The van der Waals surface area contributed by atoms with E-state index in [9.17, 15) is 4.79 Å². The summed E-state index contributed by atoms with van der Waals surface area (Å²) in [4.78, 5) is 13.0. The van der Waals surface area contributed by atoms with Crippen LogP contribution >= 0.6 is 0 Å². The summed E-state index contributed by atoms with van der Waals surface area (Å²) >= 11 is 0. The molecule has 0 spiro atoms. The second-order valence-corrected chi connectivity index (χ2v) is 4.12. The minimum absolute atomic E-state index is 0.0162. The van der Waals surface area contributed by atoms with Crippen LogP contribution in [0.25, 0.3) is 0 Å². The van der Waals surface area contributed by atoms with Crippen molar-refractivity contribution in [3.8, 4) is 0 Å². The fourth-order valence-electron chi connectivity index (χ4n) is 2.09. The van der Waals surface area contributed by atoms with Gasteiger partial charge in [0.25, 0.3) is 0 Å². The van der Waals surface area contributed by atoms with Crippen LogP contribution in [0.5, 0.6) is 0 Å². The van der Waals surface area contributed by atoms with E-state index in [1.807, 2.05) is 7.05 Å². The van der Waals surface area contributed by atoms with E-state index in [1.54, 1.807) is 4.90 Å². The fraction of sp³-hybridized carbons (Fsp3) is 0.500. The molecule has 68 valence electrons. The molecule has 0 aromatic heterocycles. The summed E-state index contributed by atoms with van der Waals surface area (Å²) in [7, 11) is 1.83. The molecule has 3 heteroatoms. The third-order valence-corrected chi connectivity index (χ3v) is 3.03. The molecule has 3 nitrogen and oxygen atoms in total. The number of hydrogen-bond donors (Lipinski definition) is 1. The zero-order valence-electron chi connectivity index (χ0n) is 7.58. The van der Waals surface area contributed by atoms with Crippen molar-refractivity contribution in [3.63, 3.8) is 0 Å². The van der Waals surface area contributed by atoms with Gasteiger partial charge < -0.3 is 10.2 Å². The Kier molecular flexibility index (Phi) is 1.19. The van der Waals surface area contributed by atoms with E-state index in [0.29, 0.717) is 5.92 Å². The van der Waals surface area contributed by atoms with Gasteiger partial charge in [0.05, 0.1) is 0 Å². The summed E-state index contributed by atoms with van der Waals surface area (Å²) in [5.41, 5.74) is 2.35. The van der Waals surface area contributed by atoms with Crippen molar-refractivity contribution in [2.24, 2.45) is 11.8 Å². The van der Waals surface area contributed by atoms with Gasteiger partial charge in [0.1, 0.15) is 0 Å². The van der Waals surface area contributed by atoms with Gasteiger partial charge >= 0.3 is 6.03 Å². The number of rotatable bonds is 0. The summed E-state index contributed by atoms with van der Waals surface area (Å²) in [5.74, 6) is 1.48. The molecule has 2 unspecified atom stereocenters. The molecule has 0 radical (unpaired) electrons. The molecule has 3 rings (SSSR count). The Morgan fingerprint density at radius 1 is 1.46 bits per heavy atom. The summed E-state index contributed by atoms with van der Waals surface area (Å²) < 4.78 is 0. The van der Waals surface area contributed by atoms with E-state index >= 15 is 0 Å². The standard InChI is InChI=1S/C10H12N2O/c1-12-5-8-3-6-2-7(6)4-9(8)11-10(12)13/h3-4,6-7H,2,5H2,1H3,(H,11,13). The molecule has 2 atom stereocenters. The van der Waals surface area contributed by atoms with Gasteiger partial charge in [-0.2, -0.15) is 0 Å².